The van der Waals surface area contributed by atoms with E-state index in [1.807, 2.05) is 0 Å². The van der Waals surface area contributed by atoms with Crippen molar-refractivity contribution in [2.24, 2.45) is 0 Å². The number of aliphatic hydroxyl groups is 1. The lowest BCUT2D eigenvalue weighted by molar-refractivity contribution is 0.175. The Labute approximate surface area is 138 Å². The van der Waals surface area contributed by atoms with Crippen molar-refractivity contribution in [3.05, 3.63) is 58.9 Å². The Morgan fingerprint density at radius 2 is 2.13 bits per heavy atom. The summed E-state index contributed by atoms with van der Waals surface area (Å²) in [5, 5.41) is 15.2. The molecule has 2 amide bonds. The summed E-state index contributed by atoms with van der Waals surface area (Å²) in [5.41, 5.74) is 0.894. The molecule has 0 aliphatic carbocycles. The molecular formula is C16H16ClFN2O3. The molecule has 0 saturated heterocycles. The van der Waals surface area contributed by atoms with E-state index in [-0.39, 0.29) is 17.3 Å². The summed E-state index contributed by atoms with van der Waals surface area (Å²) >= 11 is 5.82. The number of amides is 2. The molecular weight excluding hydrogens is 323 g/mol. The summed E-state index contributed by atoms with van der Waals surface area (Å²) in [6, 6.07) is 10.00. The number of anilines is 1. The molecule has 0 saturated carbocycles. The van der Waals surface area contributed by atoms with Gasteiger partial charge in [-0.25, -0.2) is 9.18 Å². The van der Waals surface area contributed by atoms with Gasteiger partial charge in [0.25, 0.3) is 0 Å². The number of benzene rings is 2. The first-order valence-corrected chi connectivity index (χ1v) is 7.19. The number of nitrogens with one attached hydrogen (secondary N) is 2. The summed E-state index contributed by atoms with van der Waals surface area (Å²) in [5.74, 6) is 0.124. The summed E-state index contributed by atoms with van der Waals surface area (Å²) in [6.45, 7) is -0.00217. The van der Waals surface area contributed by atoms with Crippen LogP contribution in [-0.4, -0.2) is 24.8 Å². The first-order chi connectivity index (χ1) is 11.0. The number of urea groups is 1. The smallest absolute Gasteiger partial charge is 0.319 e. The van der Waals surface area contributed by atoms with Crippen LogP contribution in [0.3, 0.4) is 0 Å². The monoisotopic (exact) mass is 338 g/mol. The molecule has 1 atom stereocenters. The quantitative estimate of drug-likeness (QED) is 0.783. The highest BCUT2D eigenvalue weighted by atomic mass is 35.5. The van der Waals surface area contributed by atoms with Crippen LogP contribution >= 0.6 is 11.6 Å². The Balaban J connectivity index is 1.90. The normalized spacial score (nSPS) is 11.7. The molecule has 0 radical (unpaired) electrons. The minimum Gasteiger partial charge on any atom is -0.497 e. The lowest BCUT2D eigenvalue weighted by atomic mass is 10.1. The largest absolute Gasteiger partial charge is 0.497 e. The van der Waals surface area contributed by atoms with Crippen LogP contribution in [0.2, 0.25) is 5.02 Å². The van der Waals surface area contributed by atoms with Gasteiger partial charge in [-0.2, -0.15) is 0 Å². The molecule has 2 rings (SSSR count). The summed E-state index contributed by atoms with van der Waals surface area (Å²) < 4.78 is 18.0. The standard InChI is InChI=1S/C16H16ClFN2O3/c1-23-12-4-2-3-10(7-12)15(21)9-19-16(22)20-14-6-5-11(18)8-13(14)17/h2-8,15,21H,9H2,1H3,(H2,19,20,22). The Kier molecular flexibility index (Phi) is 5.78. The lowest BCUT2D eigenvalue weighted by Gasteiger charge is -2.14. The van der Waals surface area contributed by atoms with Crippen molar-refractivity contribution < 1.29 is 19.0 Å². The van der Waals surface area contributed by atoms with Gasteiger partial charge in [0.1, 0.15) is 11.6 Å². The van der Waals surface area contributed by atoms with E-state index in [1.54, 1.807) is 24.3 Å². The van der Waals surface area contributed by atoms with Crippen molar-refractivity contribution in [2.75, 3.05) is 19.0 Å². The van der Waals surface area contributed by atoms with Gasteiger partial charge in [-0.15, -0.1) is 0 Å². The van der Waals surface area contributed by atoms with Crippen molar-refractivity contribution in [1.29, 1.82) is 0 Å². The van der Waals surface area contributed by atoms with Crippen LogP contribution in [0, 0.1) is 5.82 Å². The van der Waals surface area contributed by atoms with E-state index in [0.29, 0.717) is 11.3 Å². The molecule has 0 fully saturated rings. The van der Waals surface area contributed by atoms with Gasteiger partial charge in [0, 0.05) is 6.54 Å². The van der Waals surface area contributed by atoms with Crippen molar-refractivity contribution >= 4 is 23.3 Å². The molecule has 0 bridgehead atoms. The van der Waals surface area contributed by atoms with E-state index in [0.717, 1.165) is 6.07 Å². The van der Waals surface area contributed by atoms with Gasteiger partial charge < -0.3 is 20.5 Å². The predicted octanol–water partition coefficient (Wildman–Crippen LogP) is 3.34. The fourth-order valence-corrected chi connectivity index (χ4v) is 2.13. The third kappa shape index (κ3) is 4.84. The van der Waals surface area contributed by atoms with Crippen LogP contribution in [0.4, 0.5) is 14.9 Å². The predicted molar refractivity (Wildman–Crippen MR) is 86.4 cm³/mol. The zero-order valence-corrected chi connectivity index (χ0v) is 13.1. The molecule has 3 N–H and O–H groups in total. The van der Waals surface area contributed by atoms with Crippen molar-refractivity contribution in [3.8, 4) is 5.75 Å². The van der Waals surface area contributed by atoms with Crippen LogP contribution in [0.25, 0.3) is 0 Å². The summed E-state index contributed by atoms with van der Waals surface area (Å²) in [6.07, 6.45) is -0.889. The maximum Gasteiger partial charge on any atom is 0.319 e. The number of ether oxygens (including phenoxy) is 1. The van der Waals surface area contributed by atoms with E-state index in [4.69, 9.17) is 16.3 Å². The topological polar surface area (TPSA) is 70.6 Å². The zero-order valence-electron chi connectivity index (χ0n) is 12.3. The second-order valence-corrected chi connectivity index (χ2v) is 5.16. The number of aliphatic hydroxyl groups excluding tert-OH is 1. The van der Waals surface area contributed by atoms with Gasteiger partial charge in [-0.05, 0) is 35.9 Å². The first-order valence-electron chi connectivity index (χ1n) is 6.81. The fraction of sp³-hybridized carbons (Fsp3) is 0.188. The average Bonchev–Trinajstić information content (AvgIpc) is 2.55. The minimum atomic E-state index is -0.889. The number of carbonyl (C=O) groups is 1. The SMILES string of the molecule is COc1cccc(C(O)CNC(=O)Nc2ccc(F)cc2Cl)c1. The van der Waals surface area contributed by atoms with E-state index >= 15 is 0 Å². The Bertz CT molecular complexity index is 697. The molecule has 23 heavy (non-hydrogen) atoms. The molecule has 0 spiro atoms. The van der Waals surface area contributed by atoms with Gasteiger partial charge in [0.15, 0.2) is 0 Å². The van der Waals surface area contributed by atoms with Crippen LogP contribution in [0.15, 0.2) is 42.5 Å². The maximum absolute atomic E-state index is 12.9. The Morgan fingerprint density at radius 3 is 2.83 bits per heavy atom. The highest BCUT2D eigenvalue weighted by Gasteiger charge is 2.11. The highest BCUT2D eigenvalue weighted by Crippen LogP contribution is 2.22. The molecule has 0 aromatic heterocycles. The Morgan fingerprint density at radius 1 is 1.35 bits per heavy atom. The zero-order chi connectivity index (χ0) is 16.8. The molecule has 2 aromatic carbocycles. The van der Waals surface area contributed by atoms with E-state index < -0.39 is 18.0 Å². The summed E-state index contributed by atoms with van der Waals surface area (Å²) in [4.78, 5) is 11.8. The number of hydrogen-bond donors (Lipinski definition) is 3. The van der Waals surface area contributed by atoms with Gasteiger partial charge in [-0.1, -0.05) is 23.7 Å². The fourth-order valence-electron chi connectivity index (χ4n) is 1.91. The molecule has 122 valence electrons. The average molecular weight is 339 g/mol. The van der Waals surface area contributed by atoms with Gasteiger partial charge in [-0.3, -0.25) is 0 Å². The number of halogens is 2. The number of hydrogen-bond acceptors (Lipinski definition) is 3. The highest BCUT2D eigenvalue weighted by molar-refractivity contribution is 6.33. The lowest BCUT2D eigenvalue weighted by Crippen LogP contribution is -2.32. The van der Waals surface area contributed by atoms with E-state index in [2.05, 4.69) is 10.6 Å². The van der Waals surface area contributed by atoms with Crippen molar-refractivity contribution in [3.63, 3.8) is 0 Å². The number of methoxy groups -OCH3 is 1. The van der Waals surface area contributed by atoms with Crippen molar-refractivity contribution in [2.45, 2.75) is 6.10 Å². The van der Waals surface area contributed by atoms with Crippen LogP contribution < -0.4 is 15.4 Å². The molecule has 2 aromatic rings. The number of carbonyl (C=O) groups excluding carboxylic acids is 1. The molecule has 0 aliphatic heterocycles. The first kappa shape index (κ1) is 17.1. The minimum absolute atomic E-state index is 0.00217. The van der Waals surface area contributed by atoms with Crippen LogP contribution in [0.1, 0.15) is 11.7 Å². The third-order valence-corrected chi connectivity index (χ3v) is 3.43. The second kappa shape index (κ2) is 7.80. The molecule has 0 heterocycles. The maximum atomic E-state index is 12.9. The van der Waals surface area contributed by atoms with Gasteiger partial charge in [0.05, 0.1) is 23.9 Å². The van der Waals surface area contributed by atoms with Gasteiger partial charge in [0.2, 0.25) is 0 Å². The third-order valence-electron chi connectivity index (χ3n) is 3.11. The van der Waals surface area contributed by atoms with Crippen molar-refractivity contribution in [1.82, 2.24) is 5.32 Å². The molecule has 1 unspecified atom stereocenters. The molecule has 5 nitrogen and oxygen atoms in total. The Hall–Kier alpha value is -2.31. The van der Waals surface area contributed by atoms with Crippen LogP contribution in [-0.2, 0) is 0 Å². The second-order valence-electron chi connectivity index (χ2n) is 4.75. The number of rotatable bonds is 5. The van der Waals surface area contributed by atoms with E-state index in [1.165, 1.54) is 19.2 Å². The molecule has 0 aliphatic rings. The van der Waals surface area contributed by atoms with Crippen LogP contribution in [0.5, 0.6) is 5.75 Å². The molecule has 7 heteroatoms. The summed E-state index contributed by atoms with van der Waals surface area (Å²) in [7, 11) is 1.53. The van der Waals surface area contributed by atoms with Gasteiger partial charge >= 0.3 is 6.03 Å². The van der Waals surface area contributed by atoms with E-state index in [9.17, 15) is 14.3 Å².